The Kier molecular flexibility index (Phi) is 6.99. The summed E-state index contributed by atoms with van der Waals surface area (Å²) in [4.78, 5) is 23.5. The van der Waals surface area contributed by atoms with Crippen molar-refractivity contribution in [2.24, 2.45) is 5.10 Å². The van der Waals surface area contributed by atoms with Crippen molar-refractivity contribution in [3.05, 3.63) is 62.7 Å². The van der Waals surface area contributed by atoms with Crippen molar-refractivity contribution in [3.63, 3.8) is 0 Å². The van der Waals surface area contributed by atoms with Crippen LogP contribution in [0.2, 0.25) is 5.02 Å². The second kappa shape index (κ2) is 9.21. The molecule has 0 saturated heterocycles. The molecule has 136 valence electrons. The molecule has 0 bridgehead atoms. The summed E-state index contributed by atoms with van der Waals surface area (Å²) >= 11 is 7.49. The topological polar surface area (TPSA) is 93.8 Å². The maximum atomic E-state index is 12.1. The average Bonchev–Trinajstić information content (AvgIpc) is 2.61. The van der Waals surface area contributed by atoms with Gasteiger partial charge in [0.1, 0.15) is 0 Å². The van der Waals surface area contributed by atoms with Crippen LogP contribution in [-0.4, -0.2) is 30.4 Å². The van der Waals surface area contributed by atoms with Crippen LogP contribution in [0.5, 0.6) is 5.75 Å². The molecule has 0 aromatic heterocycles. The van der Waals surface area contributed by atoms with Crippen LogP contribution >= 0.6 is 23.4 Å². The molecule has 0 aliphatic rings. The number of carbonyl (C=O) groups is 1. The van der Waals surface area contributed by atoms with Crippen LogP contribution in [-0.2, 0) is 11.2 Å². The zero-order valence-electron chi connectivity index (χ0n) is 14.1. The number of nitrogens with one attached hydrogen (secondary N) is 1. The number of nitro benzene ring substituents is 1. The van der Waals surface area contributed by atoms with Crippen LogP contribution in [0.25, 0.3) is 0 Å². The van der Waals surface area contributed by atoms with Gasteiger partial charge in [0.15, 0.2) is 5.75 Å². The number of nitrogens with zero attached hydrogens (tertiary/aromatic N) is 2. The van der Waals surface area contributed by atoms with E-state index < -0.39 is 4.92 Å². The molecular weight excluding hydrogens is 378 g/mol. The molecular formula is C17H16ClN3O4S. The predicted octanol–water partition coefficient (Wildman–Crippen LogP) is 3.67. The minimum Gasteiger partial charge on any atom is -0.490 e. The maximum Gasteiger partial charge on any atom is 0.311 e. The van der Waals surface area contributed by atoms with Crippen molar-refractivity contribution >= 4 is 41.2 Å². The Balaban J connectivity index is 2.04. The fourth-order valence-corrected chi connectivity index (χ4v) is 3.00. The molecule has 0 saturated carbocycles. The van der Waals surface area contributed by atoms with Crippen molar-refractivity contribution in [3.8, 4) is 5.75 Å². The van der Waals surface area contributed by atoms with Crippen molar-refractivity contribution in [2.75, 3.05) is 13.4 Å². The van der Waals surface area contributed by atoms with Gasteiger partial charge in [-0.25, -0.2) is 5.43 Å². The zero-order chi connectivity index (χ0) is 19.1. The van der Waals surface area contributed by atoms with Gasteiger partial charge in [-0.15, -0.1) is 11.8 Å². The number of rotatable bonds is 7. The number of halogens is 1. The Morgan fingerprint density at radius 2 is 2.15 bits per heavy atom. The van der Waals surface area contributed by atoms with Crippen molar-refractivity contribution < 1.29 is 14.5 Å². The summed E-state index contributed by atoms with van der Waals surface area (Å²) in [6.45, 7) is 0. The summed E-state index contributed by atoms with van der Waals surface area (Å²) in [6, 6.07) is 9.75. The first-order chi connectivity index (χ1) is 12.4. The molecule has 0 aliphatic carbocycles. The van der Waals surface area contributed by atoms with Crippen LogP contribution in [0.3, 0.4) is 0 Å². The fraction of sp³-hybridized carbons (Fsp3) is 0.176. The molecule has 0 atom stereocenters. The fourth-order valence-electron chi connectivity index (χ4n) is 2.21. The molecule has 2 aromatic rings. The van der Waals surface area contributed by atoms with Gasteiger partial charge in [-0.3, -0.25) is 14.9 Å². The van der Waals surface area contributed by atoms with Crippen molar-refractivity contribution in [1.82, 2.24) is 5.43 Å². The Morgan fingerprint density at radius 1 is 1.38 bits per heavy atom. The lowest BCUT2D eigenvalue weighted by molar-refractivity contribution is -0.385. The largest absolute Gasteiger partial charge is 0.490 e. The summed E-state index contributed by atoms with van der Waals surface area (Å²) in [5.41, 5.74) is 3.50. The first-order valence-corrected chi connectivity index (χ1v) is 9.01. The van der Waals surface area contributed by atoms with E-state index in [-0.39, 0.29) is 23.8 Å². The lowest BCUT2D eigenvalue weighted by atomic mass is 10.1. The van der Waals surface area contributed by atoms with Gasteiger partial charge in [-0.05, 0) is 42.2 Å². The molecule has 2 rings (SSSR count). The maximum absolute atomic E-state index is 12.1. The lowest BCUT2D eigenvalue weighted by Crippen LogP contribution is -2.20. The third-order valence-corrected chi connectivity index (χ3v) is 4.47. The van der Waals surface area contributed by atoms with E-state index in [9.17, 15) is 14.9 Å². The summed E-state index contributed by atoms with van der Waals surface area (Å²) in [7, 11) is 1.36. The molecule has 1 amide bonds. The van der Waals surface area contributed by atoms with E-state index in [1.807, 2.05) is 12.3 Å². The van der Waals surface area contributed by atoms with Crippen molar-refractivity contribution in [2.45, 2.75) is 11.3 Å². The molecule has 0 unspecified atom stereocenters. The van der Waals surface area contributed by atoms with Gasteiger partial charge in [0.2, 0.25) is 5.91 Å². The monoisotopic (exact) mass is 393 g/mol. The standard InChI is InChI=1S/C17H16ClN3O4S/c1-25-15-5-3-11(7-14(15)21(23)24)10-19-20-17(22)9-12-8-13(18)4-6-16(12)26-2/h3-8,10H,9H2,1-2H3,(H,20,22)/b19-10-. The zero-order valence-corrected chi connectivity index (χ0v) is 15.6. The van der Waals surface area contributed by atoms with Crippen LogP contribution < -0.4 is 10.2 Å². The molecule has 2 aromatic carbocycles. The Labute approximate surface area is 159 Å². The molecule has 9 heteroatoms. The van der Waals surface area contributed by atoms with E-state index in [2.05, 4.69) is 10.5 Å². The van der Waals surface area contributed by atoms with Gasteiger partial charge in [0.25, 0.3) is 0 Å². The molecule has 0 radical (unpaired) electrons. The van der Waals surface area contributed by atoms with Crippen molar-refractivity contribution in [1.29, 1.82) is 0 Å². The highest BCUT2D eigenvalue weighted by Crippen LogP contribution is 2.27. The second-order valence-corrected chi connectivity index (χ2v) is 6.40. The Hall–Kier alpha value is -2.58. The molecule has 7 nitrogen and oxygen atoms in total. The Bertz CT molecular complexity index is 858. The van der Waals surface area contributed by atoms with E-state index >= 15 is 0 Å². The van der Waals surface area contributed by atoms with Crippen LogP contribution in [0.4, 0.5) is 5.69 Å². The average molecular weight is 394 g/mol. The van der Waals surface area contributed by atoms with Gasteiger partial charge in [0.05, 0.1) is 24.7 Å². The lowest BCUT2D eigenvalue weighted by Gasteiger charge is -2.07. The van der Waals surface area contributed by atoms with Gasteiger partial charge < -0.3 is 4.74 Å². The van der Waals surface area contributed by atoms with Gasteiger partial charge in [-0.1, -0.05) is 11.6 Å². The van der Waals surface area contributed by atoms with E-state index in [0.29, 0.717) is 10.6 Å². The number of thioether (sulfide) groups is 1. The molecule has 0 fully saturated rings. The number of nitro groups is 1. The highest BCUT2D eigenvalue weighted by Gasteiger charge is 2.14. The number of methoxy groups -OCH3 is 1. The number of amides is 1. The number of hydrogen-bond donors (Lipinski definition) is 1. The van der Waals surface area contributed by atoms with Crippen LogP contribution in [0.1, 0.15) is 11.1 Å². The third kappa shape index (κ3) is 5.21. The number of hydrazone groups is 1. The van der Waals surface area contributed by atoms with E-state index in [4.69, 9.17) is 16.3 Å². The van der Waals surface area contributed by atoms with Crippen LogP contribution in [0, 0.1) is 10.1 Å². The predicted molar refractivity (Wildman–Crippen MR) is 102 cm³/mol. The van der Waals surface area contributed by atoms with E-state index in [1.165, 1.54) is 37.2 Å². The quantitative estimate of drug-likeness (QED) is 0.335. The minimum absolute atomic E-state index is 0.122. The molecule has 0 aliphatic heterocycles. The molecule has 1 N–H and O–H groups in total. The summed E-state index contributed by atoms with van der Waals surface area (Å²) in [5.74, 6) is -0.163. The van der Waals surface area contributed by atoms with Gasteiger partial charge in [-0.2, -0.15) is 5.10 Å². The third-order valence-electron chi connectivity index (χ3n) is 3.40. The minimum atomic E-state index is -0.544. The second-order valence-electron chi connectivity index (χ2n) is 5.11. The SMILES string of the molecule is COc1ccc(/C=N\NC(=O)Cc2cc(Cl)ccc2SC)cc1[N+](=O)[O-]. The smallest absolute Gasteiger partial charge is 0.311 e. The number of hydrogen-bond acceptors (Lipinski definition) is 6. The van der Waals surface area contributed by atoms with Crippen LogP contribution in [0.15, 0.2) is 46.4 Å². The van der Waals surface area contributed by atoms with E-state index in [1.54, 1.807) is 18.2 Å². The first-order valence-electron chi connectivity index (χ1n) is 7.41. The molecule has 0 heterocycles. The number of carbonyl (C=O) groups excluding carboxylic acids is 1. The summed E-state index contributed by atoms with van der Waals surface area (Å²) in [6.07, 6.45) is 3.37. The number of benzene rings is 2. The highest BCUT2D eigenvalue weighted by atomic mass is 35.5. The molecule has 0 spiro atoms. The van der Waals surface area contributed by atoms with Gasteiger partial charge >= 0.3 is 5.69 Å². The van der Waals surface area contributed by atoms with E-state index in [0.717, 1.165) is 10.5 Å². The summed E-state index contributed by atoms with van der Waals surface area (Å²) < 4.78 is 4.93. The molecule has 26 heavy (non-hydrogen) atoms. The summed E-state index contributed by atoms with van der Waals surface area (Å²) in [5, 5.41) is 15.4. The van der Waals surface area contributed by atoms with Gasteiger partial charge in [0, 0.05) is 21.5 Å². The number of ether oxygens (including phenoxy) is 1. The Morgan fingerprint density at radius 3 is 2.81 bits per heavy atom. The first kappa shape index (κ1) is 19.7. The normalized spacial score (nSPS) is 10.7. The highest BCUT2D eigenvalue weighted by molar-refractivity contribution is 7.98.